The van der Waals surface area contributed by atoms with Gasteiger partial charge in [0.2, 0.25) is 5.91 Å². The van der Waals surface area contributed by atoms with Gasteiger partial charge < -0.3 is 10.4 Å². The third kappa shape index (κ3) is 7.00. The normalized spacial score (nSPS) is 14.7. The van der Waals surface area contributed by atoms with Gasteiger partial charge in [-0.3, -0.25) is 4.79 Å². The average molecular weight is 257 g/mol. The fourth-order valence-electron chi connectivity index (χ4n) is 1.91. The number of nitrogens with one attached hydrogen (secondary N) is 1. The maximum absolute atomic E-state index is 11.7. The van der Waals surface area contributed by atoms with Crippen LogP contribution in [0.15, 0.2) is 0 Å². The highest BCUT2D eigenvalue weighted by Crippen LogP contribution is 2.25. The van der Waals surface area contributed by atoms with Gasteiger partial charge in [-0.15, -0.1) is 0 Å². The van der Waals surface area contributed by atoms with Crippen LogP contribution in [0.1, 0.15) is 61.3 Å². The molecule has 108 valence electrons. The van der Waals surface area contributed by atoms with Gasteiger partial charge in [-0.25, -0.2) is 0 Å². The molecule has 0 fully saturated rings. The fourth-order valence-corrected chi connectivity index (χ4v) is 1.91. The van der Waals surface area contributed by atoms with Crippen molar-refractivity contribution in [3.8, 4) is 0 Å². The van der Waals surface area contributed by atoms with Crippen molar-refractivity contribution in [3.63, 3.8) is 0 Å². The van der Waals surface area contributed by atoms with Crippen LogP contribution >= 0.6 is 0 Å². The molecule has 0 bridgehead atoms. The van der Waals surface area contributed by atoms with E-state index >= 15 is 0 Å². The first-order chi connectivity index (χ1) is 7.96. The van der Waals surface area contributed by atoms with Gasteiger partial charge in [0, 0.05) is 18.4 Å². The summed E-state index contributed by atoms with van der Waals surface area (Å²) in [7, 11) is 0. The summed E-state index contributed by atoms with van der Waals surface area (Å²) in [5.41, 5.74) is -0.101. The lowest BCUT2D eigenvalue weighted by molar-refractivity contribution is -0.122. The van der Waals surface area contributed by atoms with E-state index in [1.54, 1.807) is 0 Å². The van der Waals surface area contributed by atoms with Crippen molar-refractivity contribution in [1.29, 1.82) is 0 Å². The quantitative estimate of drug-likeness (QED) is 0.768. The van der Waals surface area contributed by atoms with Crippen molar-refractivity contribution in [3.05, 3.63) is 0 Å². The molecule has 0 aliphatic rings. The molecule has 0 rings (SSSR count). The van der Waals surface area contributed by atoms with E-state index in [-0.39, 0.29) is 22.7 Å². The smallest absolute Gasteiger partial charge is 0.220 e. The van der Waals surface area contributed by atoms with Crippen molar-refractivity contribution in [2.24, 2.45) is 16.7 Å². The predicted octanol–water partition coefficient (Wildman–Crippen LogP) is 2.97. The Kier molecular flexibility index (Phi) is 6.35. The lowest BCUT2D eigenvalue weighted by Crippen LogP contribution is -2.43. The Morgan fingerprint density at radius 2 is 1.67 bits per heavy atom. The van der Waals surface area contributed by atoms with Crippen molar-refractivity contribution >= 4 is 5.91 Å². The zero-order valence-electron chi connectivity index (χ0n) is 13.1. The molecule has 0 aromatic rings. The average Bonchev–Trinajstić information content (AvgIpc) is 2.21. The number of hydrogen-bond acceptors (Lipinski definition) is 2. The highest BCUT2D eigenvalue weighted by Gasteiger charge is 2.30. The highest BCUT2D eigenvalue weighted by molar-refractivity contribution is 5.75. The van der Waals surface area contributed by atoms with Gasteiger partial charge in [-0.1, -0.05) is 48.5 Å². The molecular formula is C15H31NO2. The monoisotopic (exact) mass is 257 g/mol. The number of carbonyl (C=O) groups is 1. The second-order valence-electron chi connectivity index (χ2n) is 7.51. The van der Waals surface area contributed by atoms with E-state index in [2.05, 4.69) is 26.1 Å². The summed E-state index contributed by atoms with van der Waals surface area (Å²) < 4.78 is 0. The molecule has 2 N–H and O–H groups in total. The SMILES string of the molecule is CC(C)C(O)C(C)(C)CNC(=O)CCC(C)(C)C. The molecule has 0 radical (unpaired) electrons. The van der Waals surface area contributed by atoms with E-state index in [4.69, 9.17) is 0 Å². The van der Waals surface area contributed by atoms with E-state index < -0.39 is 6.10 Å². The zero-order chi connectivity index (χ0) is 14.6. The van der Waals surface area contributed by atoms with Crippen LogP contribution in [0, 0.1) is 16.7 Å². The maximum atomic E-state index is 11.7. The molecule has 3 heteroatoms. The topological polar surface area (TPSA) is 49.3 Å². The van der Waals surface area contributed by atoms with Crippen LogP contribution in [-0.4, -0.2) is 23.7 Å². The van der Waals surface area contributed by atoms with Crippen molar-refractivity contribution in [2.45, 2.75) is 67.4 Å². The molecule has 0 aliphatic heterocycles. The van der Waals surface area contributed by atoms with E-state index in [9.17, 15) is 9.90 Å². The molecule has 1 amide bonds. The van der Waals surface area contributed by atoms with Crippen LogP contribution in [0.4, 0.5) is 0 Å². The summed E-state index contributed by atoms with van der Waals surface area (Å²) in [6.07, 6.45) is 1.03. The van der Waals surface area contributed by atoms with Crippen LogP contribution in [-0.2, 0) is 4.79 Å². The Morgan fingerprint density at radius 3 is 2.06 bits per heavy atom. The first-order valence-corrected chi connectivity index (χ1v) is 6.90. The predicted molar refractivity (Wildman–Crippen MR) is 76.3 cm³/mol. The number of carbonyl (C=O) groups excluding carboxylic acids is 1. The van der Waals surface area contributed by atoms with Gasteiger partial charge in [-0.05, 0) is 17.8 Å². The minimum atomic E-state index is -0.402. The van der Waals surface area contributed by atoms with Crippen LogP contribution in [0.3, 0.4) is 0 Å². The standard InChI is InChI=1S/C15H31NO2/c1-11(2)13(18)15(6,7)10-16-12(17)8-9-14(3,4)5/h11,13,18H,8-10H2,1-7H3,(H,16,17). The fraction of sp³-hybridized carbons (Fsp3) is 0.933. The molecule has 0 aliphatic carbocycles. The molecular weight excluding hydrogens is 226 g/mol. The summed E-state index contributed by atoms with van der Waals surface area (Å²) in [4.78, 5) is 11.7. The third-order valence-electron chi connectivity index (χ3n) is 3.28. The zero-order valence-corrected chi connectivity index (χ0v) is 13.1. The summed E-state index contributed by atoms with van der Waals surface area (Å²) in [5.74, 6) is 0.278. The summed E-state index contributed by atoms with van der Waals surface area (Å²) in [6.45, 7) is 14.9. The third-order valence-corrected chi connectivity index (χ3v) is 3.28. The minimum absolute atomic E-state index is 0.0777. The Bertz CT molecular complexity index is 264. The molecule has 0 aromatic heterocycles. The highest BCUT2D eigenvalue weighted by atomic mass is 16.3. The van der Waals surface area contributed by atoms with E-state index in [0.29, 0.717) is 13.0 Å². The first-order valence-electron chi connectivity index (χ1n) is 6.90. The number of aliphatic hydroxyl groups is 1. The van der Waals surface area contributed by atoms with Gasteiger partial charge in [-0.2, -0.15) is 0 Å². The Balaban J connectivity index is 4.12. The van der Waals surface area contributed by atoms with Crippen molar-refractivity contribution in [1.82, 2.24) is 5.32 Å². The molecule has 18 heavy (non-hydrogen) atoms. The second-order valence-corrected chi connectivity index (χ2v) is 7.51. The van der Waals surface area contributed by atoms with Gasteiger partial charge in [0.15, 0.2) is 0 Å². The van der Waals surface area contributed by atoms with E-state index in [1.165, 1.54) is 0 Å². The minimum Gasteiger partial charge on any atom is -0.392 e. The van der Waals surface area contributed by atoms with Gasteiger partial charge in [0.1, 0.15) is 0 Å². The van der Waals surface area contributed by atoms with Crippen LogP contribution in [0.2, 0.25) is 0 Å². The van der Waals surface area contributed by atoms with Gasteiger partial charge in [0.25, 0.3) is 0 Å². The Labute approximate surface area is 112 Å². The molecule has 0 aromatic carbocycles. The van der Waals surface area contributed by atoms with Crippen LogP contribution in [0.25, 0.3) is 0 Å². The molecule has 0 heterocycles. The summed E-state index contributed by atoms with van der Waals surface area (Å²) >= 11 is 0. The summed E-state index contributed by atoms with van der Waals surface area (Å²) in [5, 5.41) is 13.0. The largest absolute Gasteiger partial charge is 0.392 e. The van der Waals surface area contributed by atoms with Crippen molar-refractivity contribution in [2.75, 3.05) is 6.54 Å². The lowest BCUT2D eigenvalue weighted by atomic mass is 9.80. The van der Waals surface area contributed by atoms with Crippen LogP contribution < -0.4 is 5.32 Å². The first kappa shape index (κ1) is 17.4. The number of rotatable bonds is 6. The Morgan fingerprint density at radius 1 is 1.17 bits per heavy atom. The molecule has 3 nitrogen and oxygen atoms in total. The number of amides is 1. The van der Waals surface area contributed by atoms with Crippen molar-refractivity contribution < 1.29 is 9.90 Å². The molecule has 1 unspecified atom stereocenters. The molecule has 0 spiro atoms. The van der Waals surface area contributed by atoms with Crippen LogP contribution in [0.5, 0.6) is 0 Å². The number of hydrogen-bond donors (Lipinski definition) is 2. The van der Waals surface area contributed by atoms with E-state index in [0.717, 1.165) is 6.42 Å². The van der Waals surface area contributed by atoms with E-state index in [1.807, 2.05) is 27.7 Å². The maximum Gasteiger partial charge on any atom is 0.220 e. The molecule has 0 saturated heterocycles. The lowest BCUT2D eigenvalue weighted by Gasteiger charge is -2.33. The van der Waals surface area contributed by atoms with Gasteiger partial charge >= 0.3 is 0 Å². The molecule has 0 saturated carbocycles. The second kappa shape index (κ2) is 6.55. The Hall–Kier alpha value is -0.570. The number of aliphatic hydroxyl groups excluding tert-OH is 1. The van der Waals surface area contributed by atoms with Gasteiger partial charge in [0.05, 0.1) is 6.10 Å². The summed E-state index contributed by atoms with van der Waals surface area (Å²) in [6, 6.07) is 0. The molecule has 1 atom stereocenters.